The molecule has 0 aromatic carbocycles. The van der Waals surface area contributed by atoms with Gasteiger partial charge in [0.2, 0.25) is 5.91 Å². The Bertz CT molecular complexity index is 258. The maximum atomic E-state index is 11.9. The van der Waals surface area contributed by atoms with Crippen molar-refractivity contribution in [2.75, 3.05) is 26.2 Å². The number of amides is 1. The van der Waals surface area contributed by atoms with Gasteiger partial charge in [-0.1, -0.05) is 0 Å². The molecule has 1 saturated heterocycles. The normalized spacial score (nSPS) is 30.7. The molecule has 2 unspecified atom stereocenters. The van der Waals surface area contributed by atoms with Gasteiger partial charge in [0.1, 0.15) is 0 Å². The highest BCUT2D eigenvalue weighted by Gasteiger charge is 2.35. The first-order chi connectivity index (χ1) is 7.61. The number of aliphatic hydroxyl groups is 2. The van der Waals surface area contributed by atoms with Crippen molar-refractivity contribution in [3.63, 3.8) is 0 Å². The first-order valence-corrected chi connectivity index (χ1v) is 5.99. The molecule has 0 aromatic rings. The van der Waals surface area contributed by atoms with E-state index in [1.54, 1.807) is 0 Å². The molecule has 92 valence electrons. The van der Waals surface area contributed by atoms with E-state index in [9.17, 15) is 15.0 Å². The number of hydrogen-bond donors (Lipinski definition) is 2. The Morgan fingerprint density at radius 3 is 2.31 bits per heavy atom. The summed E-state index contributed by atoms with van der Waals surface area (Å²) in [4.78, 5) is 15.7. The Morgan fingerprint density at radius 2 is 1.88 bits per heavy atom. The van der Waals surface area contributed by atoms with Gasteiger partial charge in [-0.25, -0.2) is 0 Å². The molecule has 2 N–H and O–H groups in total. The standard InChI is InChI=1S/C11H20N2O3/c1-2-13(8-3-4-8)11(16)7-12-5-9(14)10(15)6-12/h8-10,14-15H,2-7H2,1H3. The van der Waals surface area contributed by atoms with E-state index in [1.165, 1.54) is 0 Å². The van der Waals surface area contributed by atoms with Crippen molar-refractivity contribution in [1.82, 2.24) is 9.80 Å². The average Bonchev–Trinajstić information content (AvgIpc) is 2.97. The van der Waals surface area contributed by atoms with Gasteiger partial charge in [-0.05, 0) is 19.8 Å². The number of aliphatic hydroxyl groups excluding tert-OH is 2. The lowest BCUT2D eigenvalue weighted by Crippen LogP contribution is -2.41. The van der Waals surface area contributed by atoms with Crippen molar-refractivity contribution in [1.29, 1.82) is 0 Å². The summed E-state index contributed by atoms with van der Waals surface area (Å²) in [6, 6.07) is 0.440. The maximum absolute atomic E-state index is 11.9. The first kappa shape index (κ1) is 11.8. The minimum atomic E-state index is -0.705. The van der Waals surface area contributed by atoms with Crippen LogP contribution in [0.5, 0.6) is 0 Å². The number of β-amino-alcohol motifs (C(OH)–C–C–N with tert-alkyl or cyclic N) is 2. The van der Waals surface area contributed by atoms with Crippen LogP contribution >= 0.6 is 0 Å². The Hall–Kier alpha value is -0.650. The van der Waals surface area contributed by atoms with Crippen molar-refractivity contribution in [2.45, 2.75) is 38.0 Å². The zero-order chi connectivity index (χ0) is 11.7. The van der Waals surface area contributed by atoms with E-state index in [4.69, 9.17) is 0 Å². The van der Waals surface area contributed by atoms with Crippen LogP contribution in [0, 0.1) is 0 Å². The molecule has 2 aliphatic rings. The fourth-order valence-electron chi connectivity index (χ4n) is 2.28. The topological polar surface area (TPSA) is 64.0 Å². The molecule has 1 heterocycles. The molecule has 2 rings (SSSR count). The van der Waals surface area contributed by atoms with Crippen LogP contribution in [0.2, 0.25) is 0 Å². The number of carbonyl (C=O) groups is 1. The van der Waals surface area contributed by atoms with Crippen LogP contribution in [0.3, 0.4) is 0 Å². The molecule has 1 saturated carbocycles. The lowest BCUT2D eigenvalue weighted by molar-refractivity contribution is -0.132. The second kappa shape index (κ2) is 4.69. The molecule has 1 aliphatic carbocycles. The van der Waals surface area contributed by atoms with Crippen molar-refractivity contribution in [2.24, 2.45) is 0 Å². The minimum Gasteiger partial charge on any atom is -0.389 e. The maximum Gasteiger partial charge on any atom is 0.236 e. The monoisotopic (exact) mass is 228 g/mol. The third-order valence-electron chi connectivity index (χ3n) is 3.34. The second-order valence-electron chi connectivity index (χ2n) is 4.74. The van der Waals surface area contributed by atoms with E-state index in [1.807, 2.05) is 16.7 Å². The average molecular weight is 228 g/mol. The van der Waals surface area contributed by atoms with E-state index in [0.29, 0.717) is 25.7 Å². The number of nitrogens with zero attached hydrogens (tertiary/aromatic N) is 2. The van der Waals surface area contributed by atoms with Crippen LogP contribution in [-0.4, -0.2) is 70.3 Å². The van der Waals surface area contributed by atoms with Gasteiger partial charge in [0.25, 0.3) is 0 Å². The van der Waals surface area contributed by atoms with Crippen molar-refractivity contribution in [3.05, 3.63) is 0 Å². The first-order valence-electron chi connectivity index (χ1n) is 5.99. The molecular formula is C11H20N2O3. The molecule has 16 heavy (non-hydrogen) atoms. The summed E-state index contributed by atoms with van der Waals surface area (Å²) in [7, 11) is 0. The Kier molecular flexibility index (Phi) is 3.47. The summed E-state index contributed by atoms with van der Waals surface area (Å²) < 4.78 is 0. The summed E-state index contributed by atoms with van der Waals surface area (Å²) in [6.45, 7) is 3.86. The van der Waals surface area contributed by atoms with Crippen LogP contribution in [0.1, 0.15) is 19.8 Å². The predicted octanol–water partition coefficient (Wildman–Crippen LogP) is -0.965. The third kappa shape index (κ3) is 2.53. The zero-order valence-corrected chi connectivity index (χ0v) is 9.67. The molecule has 1 amide bonds. The molecule has 0 spiro atoms. The SMILES string of the molecule is CCN(C(=O)CN1CC(O)C(O)C1)C1CC1. The molecule has 5 nitrogen and oxygen atoms in total. The number of hydrogen-bond acceptors (Lipinski definition) is 4. The van der Waals surface area contributed by atoms with Gasteiger partial charge in [-0.15, -0.1) is 0 Å². The van der Waals surface area contributed by atoms with Gasteiger partial charge in [0.05, 0.1) is 18.8 Å². The van der Waals surface area contributed by atoms with E-state index in [2.05, 4.69) is 0 Å². The van der Waals surface area contributed by atoms with Crippen LogP contribution in [0.15, 0.2) is 0 Å². The van der Waals surface area contributed by atoms with Gasteiger partial charge in [-0.2, -0.15) is 0 Å². The number of rotatable bonds is 4. The molecular weight excluding hydrogens is 208 g/mol. The van der Waals surface area contributed by atoms with Gasteiger partial charge in [0.15, 0.2) is 0 Å². The van der Waals surface area contributed by atoms with Crippen molar-refractivity contribution in [3.8, 4) is 0 Å². The molecule has 0 radical (unpaired) electrons. The Balaban J connectivity index is 1.82. The molecule has 2 atom stereocenters. The predicted molar refractivity (Wildman–Crippen MR) is 58.9 cm³/mol. The molecule has 1 aliphatic heterocycles. The lowest BCUT2D eigenvalue weighted by Gasteiger charge is -2.23. The Morgan fingerprint density at radius 1 is 1.31 bits per heavy atom. The summed E-state index contributed by atoms with van der Waals surface area (Å²) in [5.41, 5.74) is 0. The smallest absolute Gasteiger partial charge is 0.236 e. The van der Waals surface area contributed by atoms with Crippen LogP contribution in [0.25, 0.3) is 0 Å². The largest absolute Gasteiger partial charge is 0.389 e. The van der Waals surface area contributed by atoms with Crippen LogP contribution in [-0.2, 0) is 4.79 Å². The van der Waals surface area contributed by atoms with E-state index in [-0.39, 0.29) is 5.91 Å². The lowest BCUT2D eigenvalue weighted by atomic mass is 10.3. The molecule has 0 bridgehead atoms. The quantitative estimate of drug-likeness (QED) is 0.650. The van der Waals surface area contributed by atoms with Gasteiger partial charge in [-0.3, -0.25) is 9.69 Å². The highest BCUT2D eigenvalue weighted by molar-refractivity contribution is 5.79. The summed E-state index contributed by atoms with van der Waals surface area (Å²) in [5, 5.41) is 18.8. The molecule has 2 fully saturated rings. The molecule has 0 aromatic heterocycles. The summed E-state index contributed by atoms with van der Waals surface area (Å²) in [6.07, 6.45) is 0.822. The number of carbonyl (C=O) groups excluding carboxylic acids is 1. The minimum absolute atomic E-state index is 0.117. The fraction of sp³-hybridized carbons (Fsp3) is 0.909. The summed E-state index contributed by atoms with van der Waals surface area (Å²) in [5.74, 6) is 0.117. The van der Waals surface area contributed by atoms with Crippen molar-refractivity contribution >= 4 is 5.91 Å². The second-order valence-corrected chi connectivity index (χ2v) is 4.74. The number of likely N-dealkylation sites (tertiary alicyclic amines) is 1. The number of likely N-dealkylation sites (N-methyl/N-ethyl adjacent to an activating group) is 1. The third-order valence-corrected chi connectivity index (χ3v) is 3.34. The van der Waals surface area contributed by atoms with E-state index < -0.39 is 12.2 Å². The zero-order valence-electron chi connectivity index (χ0n) is 9.67. The van der Waals surface area contributed by atoms with Gasteiger partial charge >= 0.3 is 0 Å². The summed E-state index contributed by atoms with van der Waals surface area (Å²) >= 11 is 0. The van der Waals surface area contributed by atoms with Crippen LogP contribution in [0.4, 0.5) is 0 Å². The van der Waals surface area contributed by atoms with E-state index in [0.717, 1.165) is 19.4 Å². The fourth-order valence-corrected chi connectivity index (χ4v) is 2.28. The van der Waals surface area contributed by atoms with Gasteiger partial charge < -0.3 is 15.1 Å². The highest BCUT2D eigenvalue weighted by atomic mass is 16.3. The van der Waals surface area contributed by atoms with Gasteiger partial charge in [0, 0.05) is 25.7 Å². The molecule has 5 heteroatoms. The van der Waals surface area contributed by atoms with Crippen molar-refractivity contribution < 1.29 is 15.0 Å². The Labute approximate surface area is 95.6 Å². The van der Waals surface area contributed by atoms with E-state index >= 15 is 0 Å². The highest BCUT2D eigenvalue weighted by Crippen LogP contribution is 2.26. The van der Waals surface area contributed by atoms with Crippen LogP contribution < -0.4 is 0 Å².